The van der Waals surface area contributed by atoms with Crippen LogP contribution in [0.1, 0.15) is 10.4 Å². The lowest BCUT2D eigenvalue weighted by Gasteiger charge is -2.08. The molecule has 3 aromatic carbocycles. The lowest BCUT2D eigenvalue weighted by molar-refractivity contribution is -0.385. The van der Waals surface area contributed by atoms with Gasteiger partial charge in [0.1, 0.15) is 11.3 Å². The monoisotopic (exact) mass is 481 g/mol. The van der Waals surface area contributed by atoms with Gasteiger partial charge in [0, 0.05) is 39.2 Å². The molecule has 0 fully saturated rings. The molecular formula is C24H20ClN3O4S. The first-order valence-corrected chi connectivity index (χ1v) is 11.4. The van der Waals surface area contributed by atoms with Crippen LogP contribution in [-0.2, 0) is 0 Å². The number of nitro benzene ring substituents is 1. The van der Waals surface area contributed by atoms with Crippen LogP contribution in [0.15, 0.2) is 71.6 Å². The van der Waals surface area contributed by atoms with E-state index in [0.717, 1.165) is 32.8 Å². The van der Waals surface area contributed by atoms with Crippen LogP contribution in [0.25, 0.3) is 22.2 Å². The number of nitro groups is 1. The molecule has 0 spiro atoms. The van der Waals surface area contributed by atoms with E-state index in [4.69, 9.17) is 16.3 Å². The van der Waals surface area contributed by atoms with Crippen molar-refractivity contribution < 1.29 is 14.5 Å². The number of nitrogens with one attached hydrogen (secondary N) is 2. The molecule has 0 radical (unpaired) electrons. The Labute approximate surface area is 199 Å². The van der Waals surface area contributed by atoms with Gasteiger partial charge in [-0.25, -0.2) is 0 Å². The Morgan fingerprint density at radius 3 is 2.64 bits per heavy atom. The van der Waals surface area contributed by atoms with Gasteiger partial charge in [0.15, 0.2) is 0 Å². The molecule has 1 heterocycles. The van der Waals surface area contributed by atoms with Crippen molar-refractivity contribution in [1.82, 2.24) is 10.3 Å². The summed E-state index contributed by atoms with van der Waals surface area (Å²) in [6.45, 7) is 0.328. The zero-order chi connectivity index (χ0) is 23.4. The van der Waals surface area contributed by atoms with E-state index in [0.29, 0.717) is 12.3 Å². The first-order chi connectivity index (χ1) is 16.0. The molecule has 0 bridgehead atoms. The zero-order valence-electron chi connectivity index (χ0n) is 17.6. The number of ether oxygens (including phenoxy) is 1. The highest BCUT2D eigenvalue weighted by Gasteiger charge is 2.20. The number of hydrogen-bond donors (Lipinski definition) is 2. The molecule has 1 aromatic heterocycles. The summed E-state index contributed by atoms with van der Waals surface area (Å²) in [7, 11) is 1.63. The molecule has 2 N–H and O–H groups in total. The lowest BCUT2D eigenvalue weighted by Crippen LogP contribution is -2.26. The maximum Gasteiger partial charge on any atom is 0.282 e. The fourth-order valence-corrected chi connectivity index (χ4v) is 4.72. The highest BCUT2D eigenvalue weighted by atomic mass is 35.5. The van der Waals surface area contributed by atoms with Crippen LogP contribution in [0.4, 0.5) is 5.69 Å². The summed E-state index contributed by atoms with van der Waals surface area (Å²) in [5.41, 5.74) is 2.70. The number of benzene rings is 3. The molecule has 1 amide bonds. The molecule has 9 heteroatoms. The van der Waals surface area contributed by atoms with Gasteiger partial charge in [0.05, 0.1) is 17.7 Å². The van der Waals surface area contributed by atoms with Crippen molar-refractivity contribution in [3.05, 3.63) is 87.4 Å². The van der Waals surface area contributed by atoms with Crippen molar-refractivity contribution in [2.24, 2.45) is 0 Å². The molecule has 0 atom stereocenters. The van der Waals surface area contributed by atoms with Gasteiger partial charge >= 0.3 is 0 Å². The third kappa shape index (κ3) is 4.97. The number of hydrogen-bond acceptors (Lipinski definition) is 5. The number of methoxy groups -OCH3 is 1. The van der Waals surface area contributed by atoms with E-state index in [1.807, 2.05) is 42.5 Å². The normalized spacial score (nSPS) is 10.8. The highest BCUT2D eigenvalue weighted by molar-refractivity contribution is 7.99. The average Bonchev–Trinajstić information content (AvgIpc) is 3.20. The van der Waals surface area contributed by atoms with Gasteiger partial charge in [0.2, 0.25) is 0 Å². The molecule has 4 aromatic rings. The minimum absolute atomic E-state index is 0.0523. The smallest absolute Gasteiger partial charge is 0.282 e. The number of fused-ring (bicyclic) bond motifs is 1. The Morgan fingerprint density at radius 2 is 1.91 bits per heavy atom. The molecule has 0 aliphatic rings. The van der Waals surface area contributed by atoms with E-state index >= 15 is 0 Å². The van der Waals surface area contributed by atoms with Crippen molar-refractivity contribution in [3.8, 4) is 17.0 Å². The van der Waals surface area contributed by atoms with E-state index in [1.54, 1.807) is 18.9 Å². The maximum absolute atomic E-state index is 12.5. The van der Waals surface area contributed by atoms with Crippen LogP contribution in [0, 0.1) is 10.1 Å². The lowest BCUT2D eigenvalue weighted by atomic mass is 10.1. The number of nitrogens with zero attached hydrogens (tertiary/aromatic N) is 1. The Balaban J connectivity index is 1.50. The first-order valence-electron chi connectivity index (χ1n) is 10.1. The summed E-state index contributed by atoms with van der Waals surface area (Å²) in [6, 6.07) is 19.8. The summed E-state index contributed by atoms with van der Waals surface area (Å²) in [5, 5.41) is 15.3. The van der Waals surface area contributed by atoms with Crippen molar-refractivity contribution in [2.45, 2.75) is 4.90 Å². The first kappa shape index (κ1) is 22.7. The van der Waals surface area contributed by atoms with Crippen LogP contribution in [0.2, 0.25) is 5.02 Å². The van der Waals surface area contributed by atoms with Gasteiger partial charge in [-0.2, -0.15) is 0 Å². The third-order valence-electron chi connectivity index (χ3n) is 5.07. The average molecular weight is 482 g/mol. The number of amides is 1. The molecule has 4 rings (SSSR count). The van der Waals surface area contributed by atoms with E-state index in [9.17, 15) is 14.9 Å². The molecule has 0 saturated heterocycles. The van der Waals surface area contributed by atoms with E-state index in [2.05, 4.69) is 16.4 Å². The summed E-state index contributed by atoms with van der Waals surface area (Å²) < 4.78 is 5.26. The van der Waals surface area contributed by atoms with E-state index < -0.39 is 10.8 Å². The van der Waals surface area contributed by atoms with Crippen molar-refractivity contribution in [2.75, 3.05) is 19.4 Å². The predicted octanol–water partition coefficient (Wildman–Crippen LogP) is 5.93. The second kappa shape index (κ2) is 9.97. The molecule has 33 heavy (non-hydrogen) atoms. The zero-order valence-corrected chi connectivity index (χ0v) is 19.2. The molecular weight excluding hydrogens is 462 g/mol. The van der Waals surface area contributed by atoms with Gasteiger partial charge < -0.3 is 15.0 Å². The minimum Gasteiger partial charge on any atom is -0.497 e. The summed E-state index contributed by atoms with van der Waals surface area (Å²) >= 11 is 7.53. The fraction of sp³-hybridized carbons (Fsp3) is 0.125. The number of carbonyl (C=O) groups is 1. The Hall–Kier alpha value is -3.49. The number of H-pyrrole nitrogens is 1. The number of halogens is 1. The number of thioether (sulfide) groups is 1. The summed E-state index contributed by atoms with van der Waals surface area (Å²) in [5.74, 6) is 0.825. The summed E-state index contributed by atoms with van der Waals surface area (Å²) in [4.78, 5) is 27.7. The number of para-hydroxylation sites is 1. The van der Waals surface area contributed by atoms with Crippen LogP contribution >= 0.6 is 23.4 Å². The van der Waals surface area contributed by atoms with Gasteiger partial charge in [0.25, 0.3) is 11.6 Å². The Morgan fingerprint density at radius 1 is 1.15 bits per heavy atom. The molecule has 0 aliphatic heterocycles. The van der Waals surface area contributed by atoms with Gasteiger partial charge in [-0.3, -0.25) is 14.9 Å². The quantitative estimate of drug-likeness (QED) is 0.141. The molecule has 7 nitrogen and oxygen atoms in total. The Bertz CT molecular complexity index is 1320. The van der Waals surface area contributed by atoms with E-state index in [-0.39, 0.29) is 16.3 Å². The van der Waals surface area contributed by atoms with E-state index in [1.165, 1.54) is 18.2 Å². The SMILES string of the molecule is COc1ccc(-c2[nH]c3ccccc3c2SCCNC(=O)c2cc(Cl)ccc2[N+](=O)[O-])cc1. The second-order valence-corrected chi connectivity index (χ2v) is 8.67. The van der Waals surface area contributed by atoms with Crippen molar-refractivity contribution in [1.29, 1.82) is 0 Å². The van der Waals surface area contributed by atoms with Crippen molar-refractivity contribution in [3.63, 3.8) is 0 Å². The minimum atomic E-state index is -0.590. The Kier molecular flexibility index (Phi) is 6.86. The van der Waals surface area contributed by atoms with Gasteiger partial charge in [-0.05, 0) is 48.0 Å². The number of rotatable bonds is 8. The van der Waals surface area contributed by atoms with Gasteiger partial charge in [-0.15, -0.1) is 11.8 Å². The van der Waals surface area contributed by atoms with Gasteiger partial charge in [-0.1, -0.05) is 29.8 Å². The largest absolute Gasteiger partial charge is 0.497 e. The van der Waals surface area contributed by atoms with Crippen LogP contribution in [0.5, 0.6) is 5.75 Å². The molecule has 168 valence electrons. The second-order valence-electron chi connectivity index (χ2n) is 7.13. The predicted molar refractivity (Wildman–Crippen MR) is 131 cm³/mol. The van der Waals surface area contributed by atoms with Crippen molar-refractivity contribution >= 4 is 45.9 Å². The maximum atomic E-state index is 12.5. The topological polar surface area (TPSA) is 97.3 Å². The number of aromatic amines is 1. The van der Waals surface area contributed by atoms with Crippen LogP contribution in [0.3, 0.4) is 0 Å². The fourth-order valence-electron chi connectivity index (χ4n) is 3.49. The molecule has 0 aliphatic carbocycles. The van der Waals surface area contributed by atoms with Crippen LogP contribution < -0.4 is 10.1 Å². The number of aromatic nitrogens is 1. The highest BCUT2D eigenvalue weighted by Crippen LogP contribution is 2.38. The number of carbonyl (C=O) groups excluding carboxylic acids is 1. The third-order valence-corrected chi connectivity index (χ3v) is 6.43. The molecule has 0 unspecified atom stereocenters. The summed E-state index contributed by atoms with van der Waals surface area (Å²) in [6.07, 6.45) is 0. The standard InChI is InChI=1S/C24H20ClN3O4S/c1-32-17-9-6-15(7-10-17)22-23(18-4-2-3-5-20(18)27-22)33-13-12-26-24(29)19-14-16(25)8-11-21(19)28(30)31/h2-11,14,27H,12-13H2,1H3,(H,26,29). The molecule has 0 saturated carbocycles. The van der Waals surface area contributed by atoms with Crippen LogP contribution in [-0.4, -0.2) is 35.2 Å².